The third-order valence-electron chi connectivity index (χ3n) is 3.98. The molecule has 0 aromatic carbocycles. The van der Waals surface area contributed by atoms with Crippen LogP contribution in [0.15, 0.2) is 28.3 Å². The second-order valence-electron chi connectivity index (χ2n) is 6.08. The fourth-order valence-corrected chi connectivity index (χ4v) is 4.38. The van der Waals surface area contributed by atoms with Gasteiger partial charge in [-0.25, -0.2) is 9.97 Å². The summed E-state index contributed by atoms with van der Waals surface area (Å²) in [5, 5.41) is 3.57. The zero-order valence-corrected chi connectivity index (χ0v) is 15.9. The van der Waals surface area contributed by atoms with Crippen molar-refractivity contribution >= 4 is 38.9 Å². The minimum Gasteiger partial charge on any atom is -0.366 e. The minimum absolute atomic E-state index is 0.442. The van der Waals surface area contributed by atoms with Crippen LogP contribution in [0.3, 0.4) is 0 Å². The average Bonchev–Trinajstić information content (AvgIpc) is 2.93. The van der Waals surface area contributed by atoms with Gasteiger partial charge in [0.15, 0.2) is 0 Å². The second-order valence-corrected chi connectivity index (χ2v) is 8.63. The van der Waals surface area contributed by atoms with Crippen molar-refractivity contribution in [2.24, 2.45) is 0 Å². The lowest BCUT2D eigenvalue weighted by atomic mass is 10.1. The average molecular weight is 396 g/mol. The van der Waals surface area contributed by atoms with Crippen molar-refractivity contribution in [2.75, 3.05) is 37.4 Å². The third kappa shape index (κ3) is 4.65. The van der Waals surface area contributed by atoms with Crippen molar-refractivity contribution in [1.82, 2.24) is 14.9 Å². The highest BCUT2D eigenvalue weighted by molar-refractivity contribution is 9.11. The van der Waals surface area contributed by atoms with Crippen molar-refractivity contribution in [3.8, 4) is 0 Å². The maximum Gasteiger partial charge on any atom is 0.133 e. The van der Waals surface area contributed by atoms with Crippen LogP contribution in [0, 0.1) is 0 Å². The molecule has 2 aromatic heterocycles. The highest BCUT2D eigenvalue weighted by Crippen LogP contribution is 2.25. The first kappa shape index (κ1) is 16.7. The van der Waals surface area contributed by atoms with E-state index in [9.17, 15) is 0 Å². The van der Waals surface area contributed by atoms with Crippen molar-refractivity contribution in [2.45, 2.75) is 25.4 Å². The fraction of sp³-hybridized carbons (Fsp3) is 0.500. The Hall–Kier alpha value is -1.18. The Labute approximate surface area is 149 Å². The molecule has 1 N–H and O–H groups in total. The molecule has 1 saturated heterocycles. The largest absolute Gasteiger partial charge is 0.366 e. The zero-order chi connectivity index (χ0) is 16.2. The maximum atomic E-state index is 4.36. The number of nitrogens with one attached hydrogen (secondary N) is 1. The summed E-state index contributed by atoms with van der Waals surface area (Å²) in [6.07, 6.45) is 4.03. The zero-order valence-electron chi connectivity index (χ0n) is 13.5. The molecule has 1 aliphatic heterocycles. The monoisotopic (exact) mass is 395 g/mol. The van der Waals surface area contributed by atoms with E-state index in [2.05, 4.69) is 48.2 Å². The number of anilines is 2. The van der Waals surface area contributed by atoms with Gasteiger partial charge in [0.2, 0.25) is 0 Å². The number of halogens is 1. The molecule has 5 nitrogen and oxygen atoms in total. The van der Waals surface area contributed by atoms with Gasteiger partial charge < -0.3 is 10.2 Å². The van der Waals surface area contributed by atoms with Gasteiger partial charge in [-0.05, 0) is 47.4 Å². The molecule has 0 spiro atoms. The van der Waals surface area contributed by atoms with E-state index >= 15 is 0 Å². The Balaban J connectivity index is 1.59. The molecule has 0 radical (unpaired) electrons. The lowest BCUT2D eigenvalue weighted by Gasteiger charge is -2.33. The Morgan fingerprint density at radius 3 is 3.00 bits per heavy atom. The number of piperidine rings is 1. The molecule has 1 unspecified atom stereocenters. The van der Waals surface area contributed by atoms with E-state index in [0.717, 1.165) is 24.7 Å². The molecular formula is C16H22BrN5S. The van der Waals surface area contributed by atoms with E-state index in [4.69, 9.17) is 0 Å². The Morgan fingerprint density at radius 1 is 1.39 bits per heavy atom. The molecule has 7 heteroatoms. The standard InChI is InChI=1S/C16H22BrN5S/c1-21(2)16-8-15(18-11-19-16)20-12-4-3-7-22(9-12)10-13-5-6-14(17)23-13/h5-6,8,11-12H,3-4,7,9-10H2,1-2H3,(H,18,19,20). The van der Waals surface area contributed by atoms with Crippen molar-refractivity contribution in [1.29, 1.82) is 0 Å². The molecule has 0 amide bonds. The Kier molecular flexibility index (Phi) is 5.50. The van der Waals surface area contributed by atoms with Crippen molar-refractivity contribution < 1.29 is 0 Å². The number of rotatable bonds is 5. The van der Waals surface area contributed by atoms with Gasteiger partial charge in [0.1, 0.15) is 18.0 Å². The van der Waals surface area contributed by atoms with Crippen molar-refractivity contribution in [3.63, 3.8) is 0 Å². The third-order valence-corrected chi connectivity index (χ3v) is 5.59. The molecule has 3 rings (SSSR count). The number of aromatic nitrogens is 2. The summed E-state index contributed by atoms with van der Waals surface area (Å²) in [4.78, 5) is 14.6. The normalized spacial score (nSPS) is 18.8. The second kappa shape index (κ2) is 7.59. The topological polar surface area (TPSA) is 44.3 Å². The first-order valence-electron chi connectivity index (χ1n) is 7.82. The molecular weight excluding hydrogens is 374 g/mol. The molecule has 1 fully saturated rings. The first-order valence-corrected chi connectivity index (χ1v) is 9.43. The lowest BCUT2D eigenvalue weighted by Crippen LogP contribution is -2.41. The quantitative estimate of drug-likeness (QED) is 0.839. The summed E-state index contributed by atoms with van der Waals surface area (Å²) in [5.74, 6) is 1.84. The van der Waals surface area contributed by atoms with E-state index in [1.807, 2.05) is 36.4 Å². The summed E-state index contributed by atoms with van der Waals surface area (Å²) < 4.78 is 1.20. The first-order chi connectivity index (χ1) is 11.1. The summed E-state index contributed by atoms with van der Waals surface area (Å²) in [5.41, 5.74) is 0. The van der Waals surface area contributed by atoms with Crippen LogP contribution in [0.2, 0.25) is 0 Å². The molecule has 1 atom stereocenters. The van der Waals surface area contributed by atoms with Gasteiger partial charge in [0.05, 0.1) is 3.79 Å². The van der Waals surface area contributed by atoms with Gasteiger partial charge >= 0.3 is 0 Å². The van der Waals surface area contributed by atoms with E-state index in [1.54, 1.807) is 6.33 Å². The molecule has 0 bridgehead atoms. The van der Waals surface area contributed by atoms with Gasteiger partial charge in [0.25, 0.3) is 0 Å². The smallest absolute Gasteiger partial charge is 0.133 e. The van der Waals surface area contributed by atoms with Gasteiger partial charge in [-0.2, -0.15) is 0 Å². The molecule has 124 valence electrons. The van der Waals surface area contributed by atoms with Gasteiger partial charge in [-0.15, -0.1) is 11.3 Å². The van der Waals surface area contributed by atoms with Crippen LogP contribution in [0.1, 0.15) is 17.7 Å². The fourth-order valence-electron chi connectivity index (χ4n) is 2.85. The summed E-state index contributed by atoms with van der Waals surface area (Å²) >= 11 is 5.36. The van der Waals surface area contributed by atoms with Crippen LogP contribution in [0.4, 0.5) is 11.6 Å². The number of hydrogen-bond acceptors (Lipinski definition) is 6. The van der Waals surface area contributed by atoms with Crippen LogP contribution in [0.5, 0.6) is 0 Å². The Bertz CT molecular complexity index is 645. The number of nitrogens with zero attached hydrogens (tertiary/aromatic N) is 4. The maximum absolute atomic E-state index is 4.36. The van der Waals surface area contributed by atoms with Gasteiger partial charge in [-0.3, -0.25) is 4.90 Å². The Morgan fingerprint density at radius 2 is 2.26 bits per heavy atom. The highest BCUT2D eigenvalue weighted by atomic mass is 79.9. The van der Waals surface area contributed by atoms with E-state index in [1.165, 1.54) is 28.0 Å². The summed E-state index contributed by atoms with van der Waals surface area (Å²) in [7, 11) is 3.99. The summed E-state index contributed by atoms with van der Waals surface area (Å²) in [6, 6.07) is 6.79. The predicted octanol–water partition coefficient (Wildman–Crippen LogP) is 3.44. The van der Waals surface area contributed by atoms with Crippen LogP contribution in [-0.2, 0) is 6.54 Å². The highest BCUT2D eigenvalue weighted by Gasteiger charge is 2.20. The number of thiophene rings is 1. The molecule has 1 aliphatic rings. The number of likely N-dealkylation sites (tertiary alicyclic amines) is 1. The van der Waals surface area contributed by atoms with Crippen molar-refractivity contribution in [3.05, 3.63) is 33.2 Å². The van der Waals surface area contributed by atoms with Crippen LogP contribution in [-0.4, -0.2) is 48.1 Å². The van der Waals surface area contributed by atoms with Crippen LogP contribution >= 0.6 is 27.3 Å². The van der Waals surface area contributed by atoms with E-state index in [-0.39, 0.29) is 0 Å². The van der Waals surface area contributed by atoms with Gasteiger partial charge in [0, 0.05) is 44.2 Å². The van der Waals surface area contributed by atoms with Crippen LogP contribution < -0.4 is 10.2 Å². The predicted molar refractivity (Wildman–Crippen MR) is 100 cm³/mol. The van der Waals surface area contributed by atoms with Gasteiger partial charge in [-0.1, -0.05) is 0 Å². The van der Waals surface area contributed by atoms with Crippen LogP contribution in [0.25, 0.3) is 0 Å². The molecule has 0 saturated carbocycles. The lowest BCUT2D eigenvalue weighted by molar-refractivity contribution is 0.210. The summed E-state index contributed by atoms with van der Waals surface area (Å²) in [6.45, 7) is 3.25. The number of hydrogen-bond donors (Lipinski definition) is 1. The molecule has 3 heterocycles. The van der Waals surface area contributed by atoms with E-state index in [0.29, 0.717) is 6.04 Å². The molecule has 0 aliphatic carbocycles. The molecule has 2 aromatic rings. The SMILES string of the molecule is CN(C)c1cc(NC2CCCN(Cc3ccc(Br)s3)C2)ncn1. The minimum atomic E-state index is 0.442. The molecule has 23 heavy (non-hydrogen) atoms. The van der Waals surface area contributed by atoms with E-state index < -0.39 is 0 Å².